The Morgan fingerprint density at radius 2 is 0.667 bits per heavy atom. The van der Waals surface area contributed by atoms with Gasteiger partial charge in [0.2, 0.25) is 0 Å². The Morgan fingerprint density at radius 3 is 1.17 bits per heavy atom. The molecule has 0 N–H and O–H groups in total. The molecule has 0 amide bonds. The highest BCUT2D eigenvalue weighted by Gasteiger charge is 2.25. The average molecular weight is 805 g/mol. The number of aromatic nitrogens is 6. The van der Waals surface area contributed by atoms with E-state index in [2.05, 4.69) is 196 Å². The Hall–Kier alpha value is -8.61. The van der Waals surface area contributed by atoms with Crippen LogP contribution in [0.15, 0.2) is 218 Å². The van der Waals surface area contributed by atoms with Gasteiger partial charge in [0.25, 0.3) is 0 Å². The molecule has 0 saturated carbocycles. The van der Waals surface area contributed by atoms with Gasteiger partial charge in [-0.2, -0.15) is 0 Å². The van der Waals surface area contributed by atoms with Crippen molar-refractivity contribution < 1.29 is 0 Å². The van der Waals surface area contributed by atoms with Gasteiger partial charge in [0.05, 0.1) is 44.5 Å². The van der Waals surface area contributed by atoms with Crippen LogP contribution in [-0.2, 0) is 0 Å². The minimum atomic E-state index is 0.591. The van der Waals surface area contributed by atoms with E-state index in [-0.39, 0.29) is 0 Å². The lowest BCUT2D eigenvalue weighted by molar-refractivity contribution is 1.05. The average Bonchev–Trinajstić information content (AvgIpc) is 4.00. The molecule has 13 rings (SSSR count). The lowest BCUT2D eigenvalue weighted by atomic mass is 10.1. The van der Waals surface area contributed by atoms with Crippen LogP contribution in [0.4, 0.5) is 0 Å². The van der Waals surface area contributed by atoms with E-state index in [1.54, 1.807) is 0 Å². The molecule has 63 heavy (non-hydrogen) atoms. The van der Waals surface area contributed by atoms with Crippen molar-refractivity contribution in [2.24, 2.45) is 0 Å². The number of benzene rings is 9. The normalized spacial score (nSPS) is 11.8. The Balaban J connectivity index is 1.16. The minimum Gasteiger partial charge on any atom is -0.309 e. The van der Waals surface area contributed by atoms with Gasteiger partial charge in [0.15, 0.2) is 17.5 Å². The molecule has 0 aliphatic rings. The first-order chi connectivity index (χ1) is 31.3. The fraction of sp³-hybridized carbons (Fsp3) is 0. The Kier molecular flexibility index (Phi) is 7.80. The van der Waals surface area contributed by atoms with Crippen molar-refractivity contribution in [2.75, 3.05) is 0 Å². The summed E-state index contributed by atoms with van der Waals surface area (Å²) in [5.41, 5.74) is 12.6. The zero-order valence-electron chi connectivity index (χ0n) is 34.0. The van der Waals surface area contributed by atoms with Crippen molar-refractivity contribution in [1.29, 1.82) is 0 Å². The van der Waals surface area contributed by atoms with Gasteiger partial charge in [0.1, 0.15) is 0 Å². The van der Waals surface area contributed by atoms with E-state index < -0.39 is 0 Å². The number of fused-ring (bicyclic) bond motifs is 9. The van der Waals surface area contributed by atoms with Crippen LogP contribution in [0, 0.1) is 0 Å². The van der Waals surface area contributed by atoms with Crippen molar-refractivity contribution in [3.05, 3.63) is 218 Å². The van der Waals surface area contributed by atoms with Crippen LogP contribution in [0.3, 0.4) is 0 Å². The van der Waals surface area contributed by atoms with E-state index in [9.17, 15) is 0 Å². The first-order valence-corrected chi connectivity index (χ1v) is 21.3. The molecule has 0 bridgehead atoms. The Bertz CT molecular complexity index is 3750. The number of hydrogen-bond donors (Lipinski definition) is 0. The van der Waals surface area contributed by atoms with Gasteiger partial charge >= 0.3 is 0 Å². The topological polar surface area (TPSA) is 53.5 Å². The van der Waals surface area contributed by atoms with E-state index in [0.29, 0.717) is 17.5 Å². The summed E-state index contributed by atoms with van der Waals surface area (Å²) < 4.78 is 7.24. The summed E-state index contributed by atoms with van der Waals surface area (Å²) in [6.07, 6.45) is 0. The molecule has 0 fully saturated rings. The van der Waals surface area contributed by atoms with E-state index >= 15 is 0 Å². The van der Waals surface area contributed by atoms with Crippen LogP contribution in [0.2, 0.25) is 0 Å². The number of nitrogens with zero attached hydrogens (tertiary/aromatic N) is 6. The molecule has 6 nitrogen and oxygen atoms in total. The Labute approximate surface area is 362 Å². The SMILES string of the molecule is c1ccc(-c2nc(-c3ccccc3)nc(-c3cccc(-n4c5ccccc5c5ccccc54)c3-n3c4ccccc4c4cc(-n5c6ccccc6c6ccccc65)ccc43)n2)cc1. The minimum absolute atomic E-state index is 0.591. The summed E-state index contributed by atoms with van der Waals surface area (Å²) in [6, 6.07) is 77.4. The third kappa shape index (κ3) is 5.41. The molecule has 0 aliphatic heterocycles. The summed E-state index contributed by atoms with van der Waals surface area (Å²) in [5.74, 6) is 1.82. The summed E-state index contributed by atoms with van der Waals surface area (Å²) in [7, 11) is 0. The summed E-state index contributed by atoms with van der Waals surface area (Å²) >= 11 is 0. The molecular formula is C57H36N6. The fourth-order valence-corrected chi connectivity index (χ4v) is 9.78. The summed E-state index contributed by atoms with van der Waals surface area (Å²) in [6.45, 7) is 0. The van der Waals surface area contributed by atoms with Crippen molar-refractivity contribution in [3.8, 4) is 51.2 Å². The highest BCUT2D eigenvalue weighted by molar-refractivity contribution is 6.14. The number of rotatable bonds is 6. The van der Waals surface area contributed by atoms with E-state index in [1.807, 2.05) is 36.4 Å². The van der Waals surface area contributed by atoms with Crippen molar-refractivity contribution in [1.82, 2.24) is 28.7 Å². The lowest BCUT2D eigenvalue weighted by Crippen LogP contribution is -2.08. The second kappa shape index (κ2) is 14.0. The quantitative estimate of drug-likeness (QED) is 0.168. The standard InChI is InChI=1S/C57H36N6/c1-3-18-37(19-4-1)55-58-56(38-20-5-2-6-21-38)60-57(59-55)45-27-17-33-53(62-49-30-14-9-24-42(49)43-25-10-15-31-50(43)62)54(45)63-51-32-16-11-26-44(51)46-36-39(34-35-52(46)63)61-47-28-12-7-22-40(47)41-23-8-13-29-48(41)61/h1-36H. The second-order valence-electron chi connectivity index (χ2n) is 16.0. The predicted molar refractivity (Wildman–Crippen MR) is 259 cm³/mol. The second-order valence-corrected chi connectivity index (χ2v) is 16.0. The molecule has 0 saturated heterocycles. The van der Waals surface area contributed by atoms with Crippen molar-refractivity contribution in [3.63, 3.8) is 0 Å². The van der Waals surface area contributed by atoms with Gasteiger partial charge in [-0.1, -0.05) is 158 Å². The molecule has 0 atom stereocenters. The third-order valence-electron chi connectivity index (χ3n) is 12.5. The van der Waals surface area contributed by atoms with Gasteiger partial charge in [-0.3, -0.25) is 0 Å². The molecule has 4 aromatic heterocycles. The van der Waals surface area contributed by atoms with Gasteiger partial charge < -0.3 is 13.7 Å². The summed E-state index contributed by atoms with van der Waals surface area (Å²) in [5, 5.41) is 7.17. The molecule has 13 aromatic rings. The molecule has 6 heteroatoms. The lowest BCUT2D eigenvalue weighted by Gasteiger charge is -2.20. The van der Waals surface area contributed by atoms with Crippen LogP contribution in [-0.4, -0.2) is 28.7 Å². The zero-order valence-corrected chi connectivity index (χ0v) is 34.0. The third-order valence-corrected chi connectivity index (χ3v) is 12.5. The highest BCUT2D eigenvalue weighted by atomic mass is 15.1. The zero-order chi connectivity index (χ0) is 41.4. The molecule has 4 heterocycles. The van der Waals surface area contributed by atoms with Gasteiger partial charge in [-0.15, -0.1) is 0 Å². The molecule has 0 radical (unpaired) electrons. The first kappa shape index (κ1) is 35.2. The smallest absolute Gasteiger partial charge is 0.166 e. The molecule has 9 aromatic carbocycles. The van der Waals surface area contributed by atoms with Crippen LogP contribution < -0.4 is 0 Å². The van der Waals surface area contributed by atoms with Gasteiger partial charge in [0, 0.05) is 54.7 Å². The van der Waals surface area contributed by atoms with E-state index in [0.717, 1.165) is 66.6 Å². The maximum absolute atomic E-state index is 5.33. The molecule has 294 valence electrons. The van der Waals surface area contributed by atoms with Crippen LogP contribution in [0.25, 0.3) is 117 Å². The van der Waals surface area contributed by atoms with E-state index in [4.69, 9.17) is 15.0 Å². The first-order valence-electron chi connectivity index (χ1n) is 21.3. The van der Waals surface area contributed by atoms with Gasteiger partial charge in [-0.05, 0) is 60.7 Å². The van der Waals surface area contributed by atoms with Gasteiger partial charge in [-0.25, -0.2) is 15.0 Å². The van der Waals surface area contributed by atoms with Crippen LogP contribution in [0.1, 0.15) is 0 Å². The molecule has 0 unspecified atom stereocenters. The molecule has 0 aliphatic carbocycles. The van der Waals surface area contributed by atoms with Crippen LogP contribution in [0.5, 0.6) is 0 Å². The van der Waals surface area contributed by atoms with Crippen LogP contribution >= 0.6 is 0 Å². The molecule has 0 spiro atoms. The molecular weight excluding hydrogens is 769 g/mol. The fourth-order valence-electron chi connectivity index (χ4n) is 9.78. The van der Waals surface area contributed by atoms with Crippen molar-refractivity contribution in [2.45, 2.75) is 0 Å². The maximum atomic E-state index is 5.33. The highest BCUT2D eigenvalue weighted by Crippen LogP contribution is 2.43. The number of hydrogen-bond acceptors (Lipinski definition) is 3. The monoisotopic (exact) mass is 804 g/mol. The number of para-hydroxylation sites is 6. The van der Waals surface area contributed by atoms with Crippen molar-refractivity contribution >= 4 is 65.4 Å². The largest absolute Gasteiger partial charge is 0.309 e. The Morgan fingerprint density at radius 1 is 0.270 bits per heavy atom. The van der Waals surface area contributed by atoms with E-state index in [1.165, 1.54) is 32.6 Å². The maximum Gasteiger partial charge on any atom is 0.166 e. The predicted octanol–water partition coefficient (Wildman–Crippen LogP) is 14.2. The summed E-state index contributed by atoms with van der Waals surface area (Å²) in [4.78, 5) is 15.8.